The molecule has 0 aliphatic heterocycles. The number of nitrogens with one attached hydrogen (secondary N) is 1. The summed E-state index contributed by atoms with van der Waals surface area (Å²) in [6.45, 7) is 7.71. The quantitative estimate of drug-likeness (QED) is 0.225. The summed E-state index contributed by atoms with van der Waals surface area (Å²) in [6.07, 6.45) is 2.62. The lowest BCUT2D eigenvalue weighted by molar-refractivity contribution is -0.119. The van der Waals surface area contributed by atoms with Gasteiger partial charge in [0.2, 0.25) is 10.0 Å². The average Bonchev–Trinajstić information content (AvgIpc) is 3.15. The minimum atomic E-state index is -3.73. The normalized spacial score (nSPS) is 11.5. The molecule has 0 spiro atoms. The fourth-order valence-corrected chi connectivity index (χ4v) is 5.30. The predicted octanol–water partition coefficient (Wildman–Crippen LogP) is 5.42. The summed E-state index contributed by atoms with van der Waals surface area (Å²) < 4.78 is 33.9. The van der Waals surface area contributed by atoms with Gasteiger partial charge in [0.05, 0.1) is 18.2 Å². The van der Waals surface area contributed by atoms with Crippen LogP contribution in [0.15, 0.2) is 84.0 Å². The summed E-state index contributed by atoms with van der Waals surface area (Å²) in [7, 11) is -3.73. The van der Waals surface area contributed by atoms with Gasteiger partial charge in [-0.2, -0.15) is 5.10 Å². The van der Waals surface area contributed by atoms with Crippen LogP contribution in [0, 0.1) is 27.7 Å². The average molecular weight is 545 g/mol. The number of para-hydroxylation sites is 1. The van der Waals surface area contributed by atoms with Gasteiger partial charge in [0.25, 0.3) is 5.91 Å². The molecule has 0 bridgehead atoms. The maximum absolute atomic E-state index is 12.7. The Morgan fingerprint density at radius 3 is 2.15 bits per heavy atom. The van der Waals surface area contributed by atoms with Crippen LogP contribution >= 0.6 is 0 Å². The molecule has 39 heavy (non-hydrogen) atoms. The van der Waals surface area contributed by atoms with Gasteiger partial charge in [-0.3, -0.25) is 9.10 Å². The van der Waals surface area contributed by atoms with Gasteiger partial charge in [-0.1, -0.05) is 24.3 Å². The van der Waals surface area contributed by atoms with Gasteiger partial charge in [-0.15, -0.1) is 0 Å². The topological polar surface area (TPSA) is 93.0 Å². The van der Waals surface area contributed by atoms with Crippen LogP contribution in [-0.2, 0) is 14.8 Å². The van der Waals surface area contributed by atoms with Crippen molar-refractivity contribution in [2.24, 2.45) is 5.10 Å². The van der Waals surface area contributed by atoms with E-state index in [9.17, 15) is 13.2 Å². The molecule has 1 aromatic heterocycles. The number of ether oxygens (including phenoxy) is 1. The third kappa shape index (κ3) is 6.94. The molecule has 0 unspecified atom stereocenters. The van der Waals surface area contributed by atoms with Crippen LogP contribution < -0.4 is 14.5 Å². The van der Waals surface area contributed by atoms with E-state index in [0.29, 0.717) is 17.2 Å². The molecule has 202 valence electrons. The van der Waals surface area contributed by atoms with Gasteiger partial charge < -0.3 is 9.30 Å². The van der Waals surface area contributed by atoms with E-state index in [1.54, 1.807) is 30.5 Å². The summed E-state index contributed by atoms with van der Waals surface area (Å²) in [5.74, 6) is 0.646. The van der Waals surface area contributed by atoms with Crippen molar-refractivity contribution in [2.75, 3.05) is 17.1 Å². The van der Waals surface area contributed by atoms with E-state index in [-0.39, 0.29) is 0 Å². The van der Waals surface area contributed by atoms with Crippen molar-refractivity contribution in [3.8, 4) is 17.2 Å². The van der Waals surface area contributed by atoms with Crippen LogP contribution in [0.2, 0.25) is 0 Å². The Morgan fingerprint density at radius 1 is 0.923 bits per heavy atom. The van der Waals surface area contributed by atoms with E-state index in [2.05, 4.69) is 47.1 Å². The van der Waals surface area contributed by atoms with Crippen molar-refractivity contribution in [3.05, 3.63) is 107 Å². The number of aryl methyl sites for hydroxylation is 3. The van der Waals surface area contributed by atoms with Gasteiger partial charge in [0.15, 0.2) is 0 Å². The van der Waals surface area contributed by atoms with Crippen molar-refractivity contribution >= 4 is 27.8 Å². The van der Waals surface area contributed by atoms with Crippen molar-refractivity contribution < 1.29 is 17.9 Å². The molecule has 1 amide bonds. The summed E-state index contributed by atoms with van der Waals surface area (Å²) in [6, 6.07) is 24.1. The summed E-state index contributed by atoms with van der Waals surface area (Å²) >= 11 is 0. The second-order valence-electron chi connectivity index (χ2n) is 9.48. The summed E-state index contributed by atoms with van der Waals surface area (Å²) in [5.41, 5.74) is 9.07. The lowest BCUT2D eigenvalue weighted by Crippen LogP contribution is -2.39. The second-order valence-corrected chi connectivity index (χ2v) is 11.4. The Labute approximate surface area is 229 Å². The van der Waals surface area contributed by atoms with Crippen LogP contribution in [0.5, 0.6) is 11.5 Å². The van der Waals surface area contributed by atoms with E-state index < -0.39 is 22.5 Å². The molecule has 9 heteroatoms. The highest BCUT2D eigenvalue weighted by atomic mass is 32.2. The highest BCUT2D eigenvalue weighted by Crippen LogP contribution is 2.26. The number of rotatable bonds is 9. The fraction of sp³-hybridized carbons (Fsp3) is 0.200. The van der Waals surface area contributed by atoms with E-state index in [1.807, 2.05) is 50.2 Å². The first-order chi connectivity index (χ1) is 18.5. The zero-order valence-corrected chi connectivity index (χ0v) is 23.5. The zero-order valence-electron chi connectivity index (χ0n) is 22.7. The van der Waals surface area contributed by atoms with E-state index >= 15 is 0 Å². The second kappa shape index (κ2) is 11.6. The van der Waals surface area contributed by atoms with Crippen molar-refractivity contribution in [2.45, 2.75) is 27.7 Å². The number of sulfonamides is 1. The highest BCUT2D eigenvalue weighted by Gasteiger charge is 2.21. The molecule has 0 aliphatic carbocycles. The van der Waals surface area contributed by atoms with Crippen molar-refractivity contribution in [3.63, 3.8) is 0 Å². The third-order valence-corrected chi connectivity index (χ3v) is 7.26. The first-order valence-corrected chi connectivity index (χ1v) is 14.3. The van der Waals surface area contributed by atoms with Gasteiger partial charge in [-0.05, 0) is 93.4 Å². The minimum absolute atomic E-state index is 0.342. The number of carbonyl (C=O) groups is 1. The fourth-order valence-electron chi connectivity index (χ4n) is 4.44. The van der Waals surface area contributed by atoms with Gasteiger partial charge in [0.1, 0.15) is 18.0 Å². The molecule has 3 aromatic carbocycles. The SMILES string of the molecule is Cc1cc(C)cc(-n2c(C)cc(/C=N\NC(=O)CN(c3ccc(Oc4ccccc4)cc3)S(C)(=O)=O)c2C)c1. The largest absolute Gasteiger partial charge is 0.457 e. The Morgan fingerprint density at radius 2 is 1.54 bits per heavy atom. The van der Waals surface area contributed by atoms with Crippen molar-refractivity contribution in [1.29, 1.82) is 0 Å². The summed E-state index contributed by atoms with van der Waals surface area (Å²) in [5, 5.41) is 4.10. The Hall–Kier alpha value is -4.37. The molecule has 0 saturated carbocycles. The van der Waals surface area contributed by atoms with Crippen LogP contribution in [0.1, 0.15) is 28.1 Å². The lowest BCUT2D eigenvalue weighted by Gasteiger charge is -2.21. The van der Waals surface area contributed by atoms with Gasteiger partial charge in [-0.25, -0.2) is 13.8 Å². The number of aromatic nitrogens is 1. The first kappa shape index (κ1) is 27.7. The number of hydrogen-bond acceptors (Lipinski definition) is 5. The molecule has 1 N–H and O–H groups in total. The maximum atomic E-state index is 12.7. The number of anilines is 1. The standard InChI is InChI=1S/C30H32N4O4S/c1-21-15-22(2)17-27(16-21)34-23(3)18-25(24(34)4)19-31-32-30(35)20-33(39(5,36)37)26-11-13-29(14-12-26)38-28-9-7-6-8-10-28/h6-19H,20H2,1-5H3,(H,32,35)/b31-19-. The molecule has 0 radical (unpaired) electrons. The molecule has 0 atom stereocenters. The smallest absolute Gasteiger partial charge is 0.260 e. The molecule has 8 nitrogen and oxygen atoms in total. The predicted molar refractivity (Wildman–Crippen MR) is 156 cm³/mol. The molecule has 0 fully saturated rings. The van der Waals surface area contributed by atoms with E-state index in [4.69, 9.17) is 4.74 Å². The van der Waals surface area contributed by atoms with Crippen LogP contribution in [-0.4, -0.2) is 37.9 Å². The Kier molecular flexibility index (Phi) is 8.21. The Bertz CT molecular complexity index is 1590. The third-order valence-electron chi connectivity index (χ3n) is 6.12. The Balaban J connectivity index is 1.44. The number of amides is 1. The summed E-state index contributed by atoms with van der Waals surface area (Å²) in [4.78, 5) is 12.7. The van der Waals surface area contributed by atoms with E-state index in [1.165, 1.54) is 11.1 Å². The molecule has 0 aliphatic rings. The van der Waals surface area contributed by atoms with Crippen LogP contribution in [0.4, 0.5) is 5.69 Å². The molecule has 0 saturated heterocycles. The lowest BCUT2D eigenvalue weighted by atomic mass is 10.1. The van der Waals surface area contributed by atoms with Crippen LogP contribution in [0.3, 0.4) is 0 Å². The monoisotopic (exact) mass is 544 g/mol. The zero-order chi connectivity index (χ0) is 28.2. The maximum Gasteiger partial charge on any atom is 0.260 e. The number of carbonyl (C=O) groups excluding carboxylic acids is 1. The molecular weight excluding hydrogens is 512 g/mol. The highest BCUT2D eigenvalue weighted by molar-refractivity contribution is 7.92. The van der Waals surface area contributed by atoms with E-state index in [0.717, 1.165) is 33.2 Å². The number of hydrogen-bond donors (Lipinski definition) is 1. The van der Waals surface area contributed by atoms with Crippen LogP contribution in [0.25, 0.3) is 5.69 Å². The first-order valence-electron chi connectivity index (χ1n) is 12.4. The minimum Gasteiger partial charge on any atom is -0.457 e. The molecule has 4 aromatic rings. The number of nitrogens with zero attached hydrogens (tertiary/aromatic N) is 3. The number of hydrazone groups is 1. The van der Waals surface area contributed by atoms with Crippen molar-refractivity contribution in [1.82, 2.24) is 9.99 Å². The number of benzene rings is 3. The molecule has 1 heterocycles. The van der Waals surface area contributed by atoms with Gasteiger partial charge in [0, 0.05) is 22.6 Å². The van der Waals surface area contributed by atoms with Gasteiger partial charge >= 0.3 is 0 Å². The molecular formula is C30H32N4O4S. The molecule has 4 rings (SSSR count).